The van der Waals surface area contributed by atoms with Crippen molar-refractivity contribution in [2.75, 3.05) is 6.54 Å². The summed E-state index contributed by atoms with van der Waals surface area (Å²) >= 11 is 0. The number of carbonyl (C=O) groups excluding carboxylic acids is 1. The summed E-state index contributed by atoms with van der Waals surface area (Å²) in [5, 5.41) is 2.80. The van der Waals surface area contributed by atoms with Crippen LogP contribution in [0, 0.1) is 0 Å². The van der Waals surface area contributed by atoms with Crippen molar-refractivity contribution in [3.8, 4) is 0 Å². The molecule has 0 aromatic heterocycles. The van der Waals surface area contributed by atoms with Gasteiger partial charge in [-0.3, -0.25) is 4.79 Å². The zero-order valence-electron chi connectivity index (χ0n) is 5.39. The van der Waals surface area contributed by atoms with Gasteiger partial charge in [-0.15, -0.1) is 0 Å². The summed E-state index contributed by atoms with van der Waals surface area (Å²) in [5.74, 6) is 0.150. The van der Waals surface area contributed by atoms with E-state index in [1.54, 1.807) is 0 Å². The van der Waals surface area contributed by atoms with Crippen molar-refractivity contribution in [3.05, 3.63) is 0 Å². The molecule has 1 aliphatic heterocycles. The molecule has 9 heavy (non-hydrogen) atoms. The van der Waals surface area contributed by atoms with Crippen LogP contribution in [0.15, 0.2) is 0 Å². The number of nitrogens with one attached hydrogen (secondary N) is 1. The van der Waals surface area contributed by atoms with Crippen LogP contribution in [0.4, 0.5) is 0 Å². The standard InChI is InChI=1S/C6H12N2O/c7-4-5-2-1-3-6(9)8-5/h5H,1-4,7H2,(H,8,9). The minimum absolute atomic E-state index is 0.150. The van der Waals surface area contributed by atoms with Crippen LogP contribution in [0.5, 0.6) is 0 Å². The molecule has 0 radical (unpaired) electrons. The minimum Gasteiger partial charge on any atom is -0.352 e. The van der Waals surface area contributed by atoms with E-state index in [1.807, 2.05) is 0 Å². The van der Waals surface area contributed by atoms with Crippen LogP contribution in [-0.4, -0.2) is 18.5 Å². The smallest absolute Gasteiger partial charge is 0.220 e. The lowest BCUT2D eigenvalue weighted by molar-refractivity contribution is -0.123. The first-order chi connectivity index (χ1) is 4.33. The van der Waals surface area contributed by atoms with Crippen molar-refractivity contribution < 1.29 is 4.79 Å². The van der Waals surface area contributed by atoms with Crippen LogP contribution in [0.2, 0.25) is 0 Å². The van der Waals surface area contributed by atoms with E-state index in [1.165, 1.54) is 0 Å². The molecule has 1 heterocycles. The fourth-order valence-electron chi connectivity index (χ4n) is 1.06. The van der Waals surface area contributed by atoms with Crippen LogP contribution in [0.3, 0.4) is 0 Å². The Hall–Kier alpha value is -0.570. The van der Waals surface area contributed by atoms with E-state index in [-0.39, 0.29) is 11.9 Å². The predicted molar refractivity (Wildman–Crippen MR) is 34.8 cm³/mol. The van der Waals surface area contributed by atoms with Gasteiger partial charge in [-0.1, -0.05) is 0 Å². The second-order valence-electron chi connectivity index (χ2n) is 2.39. The highest BCUT2D eigenvalue weighted by Crippen LogP contribution is 2.05. The predicted octanol–water partition coefficient (Wildman–Crippen LogP) is -0.386. The van der Waals surface area contributed by atoms with Gasteiger partial charge in [0.2, 0.25) is 5.91 Å². The van der Waals surface area contributed by atoms with Crippen LogP contribution < -0.4 is 11.1 Å². The number of rotatable bonds is 1. The number of hydrogen-bond acceptors (Lipinski definition) is 2. The SMILES string of the molecule is NCC1CCCC(=O)N1. The first-order valence-corrected chi connectivity index (χ1v) is 3.32. The molecule has 3 N–H and O–H groups in total. The average molecular weight is 128 g/mol. The van der Waals surface area contributed by atoms with Gasteiger partial charge in [0, 0.05) is 19.0 Å². The van der Waals surface area contributed by atoms with Crippen LogP contribution in [0.1, 0.15) is 19.3 Å². The molecule has 1 unspecified atom stereocenters. The minimum atomic E-state index is 0.150. The lowest BCUT2D eigenvalue weighted by Gasteiger charge is -2.20. The Morgan fingerprint density at radius 3 is 3.00 bits per heavy atom. The van der Waals surface area contributed by atoms with Crippen molar-refractivity contribution in [2.45, 2.75) is 25.3 Å². The van der Waals surface area contributed by atoms with E-state index in [9.17, 15) is 4.79 Å². The topological polar surface area (TPSA) is 55.1 Å². The van der Waals surface area contributed by atoms with Crippen LogP contribution in [-0.2, 0) is 4.79 Å². The number of hydrogen-bond donors (Lipinski definition) is 2. The second kappa shape index (κ2) is 2.82. The largest absolute Gasteiger partial charge is 0.352 e. The number of amides is 1. The Kier molecular flexibility index (Phi) is 2.05. The zero-order chi connectivity index (χ0) is 6.69. The lowest BCUT2D eigenvalue weighted by atomic mass is 10.1. The molecular weight excluding hydrogens is 116 g/mol. The third-order valence-electron chi connectivity index (χ3n) is 1.61. The molecule has 52 valence electrons. The lowest BCUT2D eigenvalue weighted by Crippen LogP contribution is -2.43. The van der Waals surface area contributed by atoms with Gasteiger partial charge in [0.1, 0.15) is 0 Å². The molecular formula is C6H12N2O. The number of carbonyl (C=O) groups is 1. The summed E-state index contributed by atoms with van der Waals surface area (Å²) in [6.45, 7) is 0.575. The molecule has 3 nitrogen and oxygen atoms in total. The van der Waals surface area contributed by atoms with Gasteiger partial charge in [0.25, 0.3) is 0 Å². The molecule has 1 atom stereocenters. The molecule has 3 heteroatoms. The van der Waals surface area contributed by atoms with Crippen LogP contribution >= 0.6 is 0 Å². The highest BCUT2D eigenvalue weighted by atomic mass is 16.1. The maximum Gasteiger partial charge on any atom is 0.220 e. The summed E-state index contributed by atoms with van der Waals surface area (Å²) in [6, 6.07) is 0.242. The molecule has 0 bridgehead atoms. The molecule has 0 aromatic rings. The van der Waals surface area contributed by atoms with Gasteiger partial charge in [-0.05, 0) is 12.8 Å². The maximum absolute atomic E-state index is 10.7. The second-order valence-corrected chi connectivity index (χ2v) is 2.39. The normalized spacial score (nSPS) is 27.7. The Morgan fingerprint density at radius 1 is 1.78 bits per heavy atom. The van der Waals surface area contributed by atoms with E-state index < -0.39 is 0 Å². The van der Waals surface area contributed by atoms with E-state index in [2.05, 4.69) is 5.32 Å². The average Bonchev–Trinajstić information content (AvgIpc) is 1.88. The molecule has 1 rings (SSSR count). The summed E-state index contributed by atoms with van der Waals surface area (Å²) in [5.41, 5.74) is 5.35. The Morgan fingerprint density at radius 2 is 2.56 bits per heavy atom. The van der Waals surface area contributed by atoms with Crippen molar-refractivity contribution in [2.24, 2.45) is 5.73 Å². The van der Waals surface area contributed by atoms with Crippen molar-refractivity contribution in [1.82, 2.24) is 5.32 Å². The Bertz CT molecular complexity index is 114. The van der Waals surface area contributed by atoms with Crippen molar-refractivity contribution in [1.29, 1.82) is 0 Å². The van der Waals surface area contributed by atoms with Gasteiger partial charge >= 0.3 is 0 Å². The first kappa shape index (κ1) is 6.55. The van der Waals surface area contributed by atoms with E-state index in [0.29, 0.717) is 13.0 Å². The fraction of sp³-hybridized carbons (Fsp3) is 0.833. The van der Waals surface area contributed by atoms with Crippen LogP contribution in [0.25, 0.3) is 0 Å². The summed E-state index contributed by atoms with van der Waals surface area (Å²) < 4.78 is 0. The van der Waals surface area contributed by atoms with E-state index in [0.717, 1.165) is 12.8 Å². The molecule has 0 saturated carbocycles. The van der Waals surface area contributed by atoms with Gasteiger partial charge in [0.15, 0.2) is 0 Å². The molecule has 0 aromatic carbocycles. The molecule has 1 saturated heterocycles. The van der Waals surface area contributed by atoms with Crippen molar-refractivity contribution in [3.63, 3.8) is 0 Å². The highest BCUT2D eigenvalue weighted by molar-refractivity contribution is 5.76. The van der Waals surface area contributed by atoms with E-state index >= 15 is 0 Å². The highest BCUT2D eigenvalue weighted by Gasteiger charge is 2.15. The van der Waals surface area contributed by atoms with Gasteiger partial charge < -0.3 is 11.1 Å². The molecule has 1 aliphatic rings. The summed E-state index contributed by atoms with van der Waals surface area (Å²) in [6.07, 6.45) is 2.71. The fourth-order valence-corrected chi connectivity index (χ4v) is 1.06. The molecule has 0 aliphatic carbocycles. The molecule has 1 amide bonds. The molecule has 1 fully saturated rings. The number of piperidine rings is 1. The monoisotopic (exact) mass is 128 g/mol. The quantitative estimate of drug-likeness (QED) is 0.505. The Balaban J connectivity index is 2.32. The summed E-state index contributed by atoms with van der Waals surface area (Å²) in [4.78, 5) is 10.7. The first-order valence-electron chi connectivity index (χ1n) is 3.32. The number of nitrogens with two attached hydrogens (primary N) is 1. The van der Waals surface area contributed by atoms with Gasteiger partial charge in [-0.25, -0.2) is 0 Å². The third-order valence-corrected chi connectivity index (χ3v) is 1.61. The van der Waals surface area contributed by atoms with E-state index in [4.69, 9.17) is 5.73 Å². The van der Waals surface area contributed by atoms with Gasteiger partial charge in [-0.2, -0.15) is 0 Å². The maximum atomic E-state index is 10.7. The summed E-state index contributed by atoms with van der Waals surface area (Å²) in [7, 11) is 0. The van der Waals surface area contributed by atoms with Crippen molar-refractivity contribution >= 4 is 5.91 Å². The van der Waals surface area contributed by atoms with Gasteiger partial charge in [0.05, 0.1) is 0 Å². The zero-order valence-corrected chi connectivity index (χ0v) is 5.39. The Labute approximate surface area is 54.6 Å². The molecule has 0 spiro atoms. The third kappa shape index (κ3) is 1.68.